The SMILES string of the molecule is CCCCCN1C/C=C\CCC(=O)N[C@@H](COC)[C@H](c2ccccc2)OC(=O)[C@H]2[C@@H]3O[C@@]4(C=C3Br)[C@@H]2C(=O)N(CCCCO)[C@@H]4C1=O. The molecule has 256 valence electrons. The van der Waals surface area contributed by atoms with Crippen LogP contribution in [0.3, 0.4) is 0 Å². The van der Waals surface area contributed by atoms with Crippen molar-refractivity contribution in [1.29, 1.82) is 0 Å². The Kier molecular flexibility index (Phi) is 11.9. The Bertz CT molecular complexity index is 1360. The molecule has 2 fully saturated rings. The molecule has 5 rings (SSSR count). The highest BCUT2D eigenvalue weighted by atomic mass is 79.9. The predicted octanol–water partition coefficient (Wildman–Crippen LogP) is 3.42. The van der Waals surface area contributed by atoms with E-state index in [9.17, 15) is 24.3 Å². The van der Waals surface area contributed by atoms with E-state index in [1.54, 1.807) is 15.9 Å². The summed E-state index contributed by atoms with van der Waals surface area (Å²) in [6.45, 7) is 3.17. The quantitative estimate of drug-likeness (QED) is 0.202. The van der Waals surface area contributed by atoms with Crippen LogP contribution in [-0.2, 0) is 33.4 Å². The number of likely N-dealkylation sites (tertiary alicyclic amines) is 1. The van der Waals surface area contributed by atoms with Gasteiger partial charge in [-0.2, -0.15) is 0 Å². The van der Waals surface area contributed by atoms with Crippen LogP contribution in [0.15, 0.2) is 53.0 Å². The van der Waals surface area contributed by atoms with E-state index < -0.39 is 47.7 Å². The van der Waals surface area contributed by atoms with Gasteiger partial charge in [0.25, 0.3) is 0 Å². The number of aliphatic hydroxyl groups is 1. The second-order valence-corrected chi connectivity index (χ2v) is 13.6. The molecule has 1 spiro atoms. The van der Waals surface area contributed by atoms with Gasteiger partial charge in [0.05, 0.1) is 18.6 Å². The van der Waals surface area contributed by atoms with Crippen molar-refractivity contribution in [2.75, 3.05) is 40.0 Å². The van der Waals surface area contributed by atoms with Crippen molar-refractivity contribution >= 4 is 39.6 Å². The Morgan fingerprint density at radius 1 is 1.02 bits per heavy atom. The Morgan fingerprint density at radius 3 is 2.51 bits per heavy atom. The van der Waals surface area contributed by atoms with E-state index in [-0.39, 0.29) is 43.9 Å². The minimum Gasteiger partial charge on any atom is -0.455 e. The van der Waals surface area contributed by atoms with E-state index >= 15 is 0 Å². The van der Waals surface area contributed by atoms with Gasteiger partial charge in [0.1, 0.15) is 29.8 Å². The third-order valence-corrected chi connectivity index (χ3v) is 10.2. The van der Waals surface area contributed by atoms with E-state index in [4.69, 9.17) is 14.2 Å². The van der Waals surface area contributed by atoms with Crippen LogP contribution >= 0.6 is 15.9 Å². The van der Waals surface area contributed by atoms with Crippen LogP contribution in [0.2, 0.25) is 0 Å². The third-order valence-electron chi connectivity index (χ3n) is 9.54. The molecule has 4 heterocycles. The maximum Gasteiger partial charge on any atom is 0.313 e. The van der Waals surface area contributed by atoms with Crippen molar-refractivity contribution < 1.29 is 38.5 Å². The molecule has 4 aliphatic heterocycles. The van der Waals surface area contributed by atoms with Gasteiger partial charge in [0, 0.05) is 44.3 Å². The molecule has 2 N–H and O–H groups in total. The number of allylic oxidation sites excluding steroid dienone is 1. The van der Waals surface area contributed by atoms with Crippen molar-refractivity contribution in [1.82, 2.24) is 15.1 Å². The highest BCUT2D eigenvalue weighted by molar-refractivity contribution is 9.11. The highest BCUT2D eigenvalue weighted by Crippen LogP contribution is 2.59. The summed E-state index contributed by atoms with van der Waals surface area (Å²) in [5.41, 5.74) is -0.711. The number of nitrogens with one attached hydrogen (secondary N) is 1. The average Bonchev–Trinajstić information content (AvgIpc) is 3.65. The molecule has 11 nitrogen and oxygen atoms in total. The Balaban J connectivity index is 1.59. The smallest absolute Gasteiger partial charge is 0.313 e. The van der Waals surface area contributed by atoms with Crippen LogP contribution in [0.1, 0.15) is 63.5 Å². The fourth-order valence-corrected chi connectivity index (χ4v) is 8.08. The summed E-state index contributed by atoms with van der Waals surface area (Å²) in [6.07, 6.45) is 8.16. The minimum absolute atomic E-state index is 0.0395. The van der Waals surface area contributed by atoms with Crippen LogP contribution in [0, 0.1) is 11.8 Å². The molecule has 0 saturated carbocycles. The summed E-state index contributed by atoms with van der Waals surface area (Å²) in [5, 5.41) is 12.5. The number of esters is 1. The van der Waals surface area contributed by atoms with E-state index in [2.05, 4.69) is 28.2 Å². The summed E-state index contributed by atoms with van der Waals surface area (Å²) in [5.74, 6) is -3.49. The van der Waals surface area contributed by atoms with E-state index in [0.29, 0.717) is 42.4 Å². The van der Waals surface area contributed by atoms with Crippen LogP contribution in [0.4, 0.5) is 0 Å². The molecular weight excluding hydrogens is 670 g/mol. The summed E-state index contributed by atoms with van der Waals surface area (Å²) >= 11 is 3.60. The van der Waals surface area contributed by atoms with Crippen molar-refractivity contribution in [3.8, 4) is 0 Å². The zero-order chi connectivity index (χ0) is 33.6. The number of hydrogen-bond acceptors (Lipinski definition) is 8. The molecule has 1 aromatic rings. The first-order valence-corrected chi connectivity index (χ1v) is 17.5. The largest absolute Gasteiger partial charge is 0.455 e. The Labute approximate surface area is 284 Å². The molecule has 3 amide bonds. The van der Waals surface area contributed by atoms with Gasteiger partial charge in [-0.15, -0.1) is 0 Å². The molecule has 4 aliphatic rings. The topological polar surface area (TPSA) is 135 Å². The lowest BCUT2D eigenvalue weighted by atomic mass is 9.74. The van der Waals surface area contributed by atoms with Gasteiger partial charge >= 0.3 is 5.97 Å². The third kappa shape index (κ3) is 7.21. The number of nitrogens with zero attached hydrogens (tertiary/aromatic N) is 2. The maximum absolute atomic E-state index is 14.6. The average molecular weight is 717 g/mol. The highest BCUT2D eigenvalue weighted by Gasteiger charge is 2.74. The van der Waals surface area contributed by atoms with E-state index in [1.807, 2.05) is 42.5 Å². The summed E-state index contributed by atoms with van der Waals surface area (Å²) < 4.78 is 18.9. The number of aliphatic hydroxyl groups excluding tert-OH is 1. The molecule has 7 atom stereocenters. The minimum atomic E-state index is -1.37. The second-order valence-electron chi connectivity index (χ2n) is 12.7. The lowest BCUT2D eigenvalue weighted by molar-refractivity contribution is -0.162. The molecule has 2 saturated heterocycles. The van der Waals surface area contributed by atoms with Crippen molar-refractivity contribution in [2.45, 2.75) is 81.8 Å². The molecular formula is C35H46BrN3O8. The summed E-state index contributed by atoms with van der Waals surface area (Å²) in [7, 11) is 1.52. The lowest BCUT2D eigenvalue weighted by Crippen LogP contribution is -2.56. The van der Waals surface area contributed by atoms with Gasteiger partial charge in [0.15, 0.2) is 0 Å². The first-order valence-electron chi connectivity index (χ1n) is 16.7. The lowest BCUT2D eigenvalue weighted by Gasteiger charge is -2.36. The van der Waals surface area contributed by atoms with E-state index in [0.717, 1.165) is 19.3 Å². The molecule has 5 bridgehead atoms. The summed E-state index contributed by atoms with van der Waals surface area (Å²) in [6, 6.07) is 7.43. The number of benzene rings is 1. The van der Waals surface area contributed by atoms with Crippen LogP contribution in [0.5, 0.6) is 0 Å². The fourth-order valence-electron chi connectivity index (χ4n) is 7.34. The molecule has 0 aliphatic carbocycles. The number of cyclic esters (lactones) is 1. The van der Waals surface area contributed by atoms with Gasteiger partial charge in [0.2, 0.25) is 17.7 Å². The molecule has 12 heteroatoms. The number of carbonyl (C=O) groups excluding carboxylic acids is 4. The first kappa shape index (κ1) is 35.3. The number of ether oxygens (including phenoxy) is 3. The van der Waals surface area contributed by atoms with Crippen LogP contribution in [0.25, 0.3) is 0 Å². The van der Waals surface area contributed by atoms with Crippen molar-refractivity contribution in [3.63, 3.8) is 0 Å². The number of methoxy groups -OCH3 is 1. The number of halogens is 1. The normalized spacial score (nSPS) is 31.9. The van der Waals surface area contributed by atoms with Gasteiger partial charge in [-0.05, 0) is 37.3 Å². The van der Waals surface area contributed by atoms with Gasteiger partial charge in [-0.25, -0.2) is 0 Å². The maximum atomic E-state index is 14.6. The standard InChI is InChI=1S/C35H46BrN3O8/c1-3-4-10-17-38-18-11-6-9-16-26(41)37-25(22-45-2)29(23-14-7-5-8-15-23)46-34(44)27-28-32(42)39(19-12-13-20-40)31(33(38)43)35(28)21-24(36)30(27)47-35/h5-8,11,14-15,21,25,27-31,40H,3-4,9-10,12-13,16-20,22H2,1-2H3,(H,37,41)/b11-6-/t25-,27+,28-,29-,30+,31+,35-/m0/s1. The van der Waals surface area contributed by atoms with Crippen molar-refractivity contribution in [3.05, 3.63) is 58.6 Å². The number of fused-ring (bicyclic) bond motifs is 2. The zero-order valence-corrected chi connectivity index (χ0v) is 28.7. The fraction of sp³-hybridized carbons (Fsp3) is 0.600. The molecule has 0 unspecified atom stereocenters. The van der Waals surface area contributed by atoms with Gasteiger partial charge < -0.3 is 34.4 Å². The number of rotatable bonds is 11. The zero-order valence-electron chi connectivity index (χ0n) is 27.1. The number of carbonyl (C=O) groups is 4. The van der Waals surface area contributed by atoms with Crippen LogP contribution in [-0.4, -0.2) is 102 Å². The van der Waals surface area contributed by atoms with Gasteiger partial charge in [-0.1, -0.05) is 78.2 Å². The Hall–Kier alpha value is -3.06. The van der Waals surface area contributed by atoms with Crippen LogP contribution < -0.4 is 5.32 Å². The number of hydrogen-bond donors (Lipinski definition) is 2. The van der Waals surface area contributed by atoms with Gasteiger partial charge in [-0.3, -0.25) is 19.2 Å². The number of unbranched alkanes of at least 4 members (excludes halogenated alkanes) is 3. The first-order chi connectivity index (χ1) is 22.8. The number of amides is 3. The summed E-state index contributed by atoms with van der Waals surface area (Å²) in [4.78, 5) is 59.9. The molecule has 47 heavy (non-hydrogen) atoms. The monoisotopic (exact) mass is 715 g/mol. The van der Waals surface area contributed by atoms with E-state index in [1.165, 1.54) is 7.11 Å². The molecule has 0 radical (unpaired) electrons. The Morgan fingerprint density at radius 2 is 1.79 bits per heavy atom. The second kappa shape index (κ2) is 15.9. The predicted molar refractivity (Wildman–Crippen MR) is 177 cm³/mol. The van der Waals surface area contributed by atoms with Crippen molar-refractivity contribution in [2.24, 2.45) is 11.8 Å². The molecule has 0 aromatic heterocycles. The molecule has 1 aromatic carbocycles.